The molecule has 1 aromatic carbocycles. The molecule has 96 valence electrons. The highest BCUT2D eigenvalue weighted by Crippen LogP contribution is 2.30. The summed E-state index contributed by atoms with van der Waals surface area (Å²) in [7, 11) is 0. The van der Waals surface area contributed by atoms with Crippen LogP contribution in [0.15, 0.2) is 28.1 Å². The van der Waals surface area contributed by atoms with Gasteiger partial charge in [-0.15, -0.1) is 11.3 Å². The second-order valence-electron chi connectivity index (χ2n) is 3.91. The number of nitrogens with zero attached hydrogens (tertiary/aromatic N) is 1. The molecule has 2 aromatic rings. The van der Waals surface area contributed by atoms with Crippen molar-refractivity contribution in [3.05, 3.63) is 44.3 Å². The number of hydrogen-bond donors (Lipinski definition) is 1. The summed E-state index contributed by atoms with van der Waals surface area (Å²) in [4.78, 5) is 4.38. The monoisotopic (exact) mass is 326 g/mol. The number of nitrogens with two attached hydrogens (primary N) is 1. The summed E-state index contributed by atoms with van der Waals surface area (Å²) in [6.07, 6.45) is 0.810. The molecule has 0 radical (unpaired) electrons. The van der Waals surface area contributed by atoms with E-state index in [1.807, 2.05) is 30.5 Å². The van der Waals surface area contributed by atoms with Crippen molar-refractivity contribution >= 4 is 27.3 Å². The molecule has 0 amide bonds. The van der Waals surface area contributed by atoms with Crippen molar-refractivity contribution < 1.29 is 4.74 Å². The first-order chi connectivity index (χ1) is 8.70. The van der Waals surface area contributed by atoms with Crippen LogP contribution in [0.5, 0.6) is 5.75 Å². The number of para-hydroxylation sites is 1. The predicted molar refractivity (Wildman–Crippen MR) is 78.1 cm³/mol. The van der Waals surface area contributed by atoms with E-state index in [2.05, 4.69) is 20.9 Å². The van der Waals surface area contributed by atoms with Crippen LogP contribution >= 0.6 is 27.3 Å². The molecule has 5 heteroatoms. The van der Waals surface area contributed by atoms with Crippen LogP contribution in [0, 0.1) is 6.92 Å². The molecule has 0 aliphatic rings. The van der Waals surface area contributed by atoms with E-state index in [-0.39, 0.29) is 0 Å². The summed E-state index contributed by atoms with van der Waals surface area (Å²) in [6.45, 7) is 3.10. The molecule has 1 aromatic heterocycles. The molecule has 0 atom stereocenters. The maximum absolute atomic E-state index is 5.86. The average Bonchev–Trinajstić information content (AvgIpc) is 2.75. The molecule has 1 heterocycles. The highest BCUT2D eigenvalue weighted by molar-refractivity contribution is 9.10. The molecule has 0 saturated carbocycles. The predicted octanol–water partition coefficient (Wildman–Crippen LogP) is 3.29. The number of thiazole rings is 1. The summed E-state index contributed by atoms with van der Waals surface area (Å²) >= 11 is 5.15. The van der Waals surface area contributed by atoms with E-state index < -0.39 is 0 Å². The van der Waals surface area contributed by atoms with Gasteiger partial charge in [-0.1, -0.05) is 12.1 Å². The quantitative estimate of drug-likeness (QED) is 0.917. The maximum Gasteiger partial charge on any atom is 0.137 e. The van der Waals surface area contributed by atoms with Gasteiger partial charge < -0.3 is 10.5 Å². The average molecular weight is 327 g/mol. The van der Waals surface area contributed by atoms with Crippen molar-refractivity contribution in [1.82, 2.24) is 4.98 Å². The number of ether oxygens (including phenoxy) is 1. The molecule has 0 aliphatic carbocycles. The Hall–Kier alpha value is -0.910. The van der Waals surface area contributed by atoms with Crippen molar-refractivity contribution in [1.29, 1.82) is 0 Å². The van der Waals surface area contributed by atoms with Crippen molar-refractivity contribution in [3.63, 3.8) is 0 Å². The van der Waals surface area contributed by atoms with Gasteiger partial charge in [-0.05, 0) is 47.4 Å². The molecule has 3 nitrogen and oxygen atoms in total. The van der Waals surface area contributed by atoms with Gasteiger partial charge in [-0.3, -0.25) is 0 Å². The molecule has 18 heavy (non-hydrogen) atoms. The fourth-order valence-electron chi connectivity index (χ4n) is 1.69. The first-order valence-electron chi connectivity index (χ1n) is 5.72. The minimum absolute atomic E-state index is 0.491. The normalized spacial score (nSPS) is 10.6. The summed E-state index contributed by atoms with van der Waals surface area (Å²) in [5, 5.41) is 3.08. The zero-order chi connectivity index (χ0) is 13.0. The van der Waals surface area contributed by atoms with Gasteiger partial charge in [-0.2, -0.15) is 0 Å². The molecule has 0 aliphatic heterocycles. The third kappa shape index (κ3) is 3.31. The Labute approximate surface area is 119 Å². The van der Waals surface area contributed by atoms with Gasteiger partial charge in [0.05, 0.1) is 15.2 Å². The second-order valence-corrected chi connectivity index (χ2v) is 5.83. The van der Waals surface area contributed by atoms with Gasteiger partial charge in [0, 0.05) is 5.38 Å². The van der Waals surface area contributed by atoms with Gasteiger partial charge in [-0.25, -0.2) is 4.98 Å². The van der Waals surface area contributed by atoms with Gasteiger partial charge in [0.2, 0.25) is 0 Å². The van der Waals surface area contributed by atoms with Gasteiger partial charge >= 0.3 is 0 Å². The lowest BCUT2D eigenvalue weighted by molar-refractivity contribution is 0.297. The van der Waals surface area contributed by atoms with E-state index in [0.29, 0.717) is 13.2 Å². The number of rotatable bonds is 5. The van der Waals surface area contributed by atoms with Crippen LogP contribution in [-0.4, -0.2) is 11.5 Å². The lowest BCUT2D eigenvalue weighted by atomic mass is 10.1. The van der Waals surface area contributed by atoms with E-state index in [4.69, 9.17) is 10.5 Å². The van der Waals surface area contributed by atoms with Crippen molar-refractivity contribution in [3.8, 4) is 5.75 Å². The fraction of sp³-hybridized carbons (Fsp3) is 0.308. The zero-order valence-electron chi connectivity index (χ0n) is 10.1. The number of aryl methyl sites for hydroxylation is 1. The molecule has 2 N–H and O–H groups in total. The highest BCUT2D eigenvalue weighted by Gasteiger charge is 2.08. The van der Waals surface area contributed by atoms with E-state index in [0.717, 1.165) is 32.9 Å². The first kappa shape index (κ1) is 13.5. The molecular formula is C13H15BrN2OS. The molecule has 0 spiro atoms. The molecule has 0 unspecified atom stereocenters. The lowest BCUT2D eigenvalue weighted by Crippen LogP contribution is -2.06. The smallest absolute Gasteiger partial charge is 0.137 e. The largest absolute Gasteiger partial charge is 0.486 e. The molecular weight excluding hydrogens is 312 g/mol. The van der Waals surface area contributed by atoms with Crippen molar-refractivity contribution in [2.75, 3.05) is 6.54 Å². The van der Waals surface area contributed by atoms with Crippen LogP contribution in [0.4, 0.5) is 0 Å². The third-order valence-corrected chi connectivity index (χ3v) is 3.94. The second kappa shape index (κ2) is 6.31. The lowest BCUT2D eigenvalue weighted by Gasteiger charge is -2.12. The highest BCUT2D eigenvalue weighted by atomic mass is 79.9. The molecule has 0 fully saturated rings. The number of halogens is 1. The van der Waals surface area contributed by atoms with Crippen LogP contribution in [-0.2, 0) is 13.0 Å². The first-order valence-corrected chi connectivity index (χ1v) is 7.39. The van der Waals surface area contributed by atoms with E-state index in [1.54, 1.807) is 11.3 Å². The van der Waals surface area contributed by atoms with Crippen LogP contribution in [0.2, 0.25) is 0 Å². The van der Waals surface area contributed by atoms with Crippen LogP contribution in [0.1, 0.15) is 16.3 Å². The van der Waals surface area contributed by atoms with Crippen LogP contribution in [0.3, 0.4) is 0 Å². The number of benzene rings is 1. The number of hydrogen-bond acceptors (Lipinski definition) is 4. The SMILES string of the molecule is Cc1nc(COc2c(Br)cccc2CCN)cs1. The van der Waals surface area contributed by atoms with Crippen LogP contribution in [0.25, 0.3) is 0 Å². The maximum atomic E-state index is 5.86. The van der Waals surface area contributed by atoms with E-state index >= 15 is 0 Å². The summed E-state index contributed by atoms with van der Waals surface area (Å²) < 4.78 is 6.82. The van der Waals surface area contributed by atoms with Gasteiger partial charge in [0.1, 0.15) is 12.4 Å². The Bertz CT molecular complexity index is 527. The zero-order valence-corrected chi connectivity index (χ0v) is 12.6. The molecule has 2 rings (SSSR count). The van der Waals surface area contributed by atoms with Crippen molar-refractivity contribution in [2.24, 2.45) is 5.73 Å². The Morgan fingerprint density at radius 2 is 2.28 bits per heavy atom. The Morgan fingerprint density at radius 1 is 1.44 bits per heavy atom. The molecule has 0 saturated heterocycles. The van der Waals surface area contributed by atoms with Gasteiger partial charge in [0.15, 0.2) is 0 Å². The minimum Gasteiger partial charge on any atom is -0.486 e. The fourth-order valence-corrected chi connectivity index (χ4v) is 2.81. The van der Waals surface area contributed by atoms with E-state index in [1.165, 1.54) is 0 Å². The summed E-state index contributed by atoms with van der Waals surface area (Å²) in [6, 6.07) is 6.01. The number of aromatic nitrogens is 1. The Balaban J connectivity index is 2.12. The van der Waals surface area contributed by atoms with Crippen molar-refractivity contribution in [2.45, 2.75) is 20.0 Å². The molecule has 0 bridgehead atoms. The Kier molecular flexibility index (Phi) is 4.74. The summed E-state index contributed by atoms with van der Waals surface area (Å²) in [5.41, 5.74) is 7.70. The van der Waals surface area contributed by atoms with Gasteiger partial charge in [0.25, 0.3) is 0 Å². The summed E-state index contributed by atoms with van der Waals surface area (Å²) in [5.74, 6) is 0.869. The standard InChI is InChI=1S/C13H15BrN2OS/c1-9-16-11(8-18-9)7-17-13-10(5-6-15)3-2-4-12(13)14/h2-4,8H,5-7,15H2,1H3. The van der Waals surface area contributed by atoms with Crippen LogP contribution < -0.4 is 10.5 Å². The van der Waals surface area contributed by atoms with E-state index in [9.17, 15) is 0 Å². The third-order valence-electron chi connectivity index (χ3n) is 2.49. The minimum atomic E-state index is 0.491. The topological polar surface area (TPSA) is 48.1 Å². The Morgan fingerprint density at radius 3 is 2.94 bits per heavy atom.